The molecule has 0 spiro atoms. The molecule has 2 aromatic rings. The van der Waals surface area contributed by atoms with Gasteiger partial charge in [-0.15, -0.1) is 0 Å². The molecule has 1 aliphatic rings. The molecule has 0 radical (unpaired) electrons. The minimum atomic E-state index is -4.59. The zero-order valence-electron chi connectivity index (χ0n) is 10.9. The average molecular weight is 336 g/mol. The number of ether oxygens (including phenoxy) is 1. The van der Waals surface area contributed by atoms with Gasteiger partial charge in [-0.25, -0.2) is 13.8 Å². The summed E-state index contributed by atoms with van der Waals surface area (Å²) in [6.07, 6.45) is -4.59. The number of rotatable bonds is 2. The maximum atomic E-state index is 13.4. The number of alkyl halides is 5. The smallest absolute Gasteiger partial charge is 0.416 e. The molecular formula is C13H9F5N2OS. The van der Waals surface area contributed by atoms with E-state index >= 15 is 0 Å². The predicted octanol–water partition coefficient (Wildman–Crippen LogP) is 3.94. The van der Waals surface area contributed by atoms with Crippen LogP contribution in [0.1, 0.15) is 10.4 Å². The first-order chi connectivity index (χ1) is 10.3. The highest BCUT2D eigenvalue weighted by Crippen LogP contribution is 2.49. The maximum absolute atomic E-state index is 13.4. The Morgan fingerprint density at radius 1 is 1.23 bits per heavy atom. The molecule has 0 amide bonds. The molecular weight excluding hydrogens is 327 g/mol. The largest absolute Gasteiger partial charge is 0.475 e. The van der Waals surface area contributed by atoms with Gasteiger partial charge in [0.15, 0.2) is 5.13 Å². The highest BCUT2D eigenvalue weighted by molar-refractivity contribution is 7.16. The molecule has 118 valence electrons. The van der Waals surface area contributed by atoms with Gasteiger partial charge in [0.05, 0.1) is 16.1 Å². The summed E-state index contributed by atoms with van der Waals surface area (Å²) in [6.45, 7) is -2.48. The second-order valence-electron chi connectivity index (χ2n) is 4.80. The van der Waals surface area contributed by atoms with E-state index in [1.165, 1.54) is 0 Å². The van der Waals surface area contributed by atoms with Gasteiger partial charge in [-0.2, -0.15) is 13.2 Å². The van der Waals surface area contributed by atoms with Crippen molar-refractivity contribution in [3.63, 3.8) is 0 Å². The number of hydrogen-bond donors (Lipinski definition) is 1. The molecule has 2 N–H and O–H groups in total. The molecule has 0 aliphatic carbocycles. The van der Waals surface area contributed by atoms with Crippen molar-refractivity contribution in [3.8, 4) is 17.0 Å². The fraction of sp³-hybridized carbons (Fsp3) is 0.308. The molecule has 0 saturated heterocycles. The molecule has 1 aromatic carbocycles. The van der Waals surface area contributed by atoms with E-state index in [0.29, 0.717) is 6.07 Å². The summed E-state index contributed by atoms with van der Waals surface area (Å²) in [5.74, 6) is -0.261. The second kappa shape index (κ2) is 4.80. The minimum absolute atomic E-state index is 0.0626. The highest BCUT2D eigenvalue weighted by atomic mass is 32.1. The Morgan fingerprint density at radius 3 is 2.50 bits per heavy atom. The quantitative estimate of drug-likeness (QED) is 0.845. The van der Waals surface area contributed by atoms with E-state index in [4.69, 9.17) is 10.5 Å². The van der Waals surface area contributed by atoms with Crippen molar-refractivity contribution in [1.29, 1.82) is 0 Å². The van der Waals surface area contributed by atoms with Crippen LogP contribution >= 0.6 is 11.3 Å². The Balaban J connectivity index is 2.23. The standard InChI is InChI=1S/C13H9F5N2OS/c14-4-12(5-15)10-9(20-11(19)22-10)7-2-1-6(13(16,17)18)3-8(7)21-12/h1-3H,4-5H2,(H2,19,20). The van der Waals surface area contributed by atoms with Crippen molar-refractivity contribution in [2.24, 2.45) is 0 Å². The number of halogens is 5. The first-order valence-electron chi connectivity index (χ1n) is 6.10. The minimum Gasteiger partial charge on any atom is -0.475 e. The van der Waals surface area contributed by atoms with Gasteiger partial charge in [-0.3, -0.25) is 0 Å². The molecule has 1 aliphatic heterocycles. The van der Waals surface area contributed by atoms with Crippen LogP contribution in [-0.4, -0.2) is 18.3 Å². The van der Waals surface area contributed by atoms with E-state index in [9.17, 15) is 22.0 Å². The molecule has 9 heteroatoms. The van der Waals surface area contributed by atoms with E-state index in [0.717, 1.165) is 23.5 Å². The number of nitrogens with two attached hydrogens (primary N) is 1. The van der Waals surface area contributed by atoms with Crippen LogP contribution in [-0.2, 0) is 11.8 Å². The Labute approximate surface area is 125 Å². The van der Waals surface area contributed by atoms with Crippen LogP contribution in [0, 0.1) is 0 Å². The Hall–Kier alpha value is -1.90. The number of thiazole rings is 1. The zero-order chi connectivity index (χ0) is 16.1. The summed E-state index contributed by atoms with van der Waals surface area (Å²) in [6, 6.07) is 2.74. The molecule has 0 saturated carbocycles. The van der Waals surface area contributed by atoms with Crippen molar-refractivity contribution in [2.75, 3.05) is 19.1 Å². The van der Waals surface area contributed by atoms with Gasteiger partial charge in [0.25, 0.3) is 0 Å². The van der Waals surface area contributed by atoms with Crippen LogP contribution in [0.3, 0.4) is 0 Å². The van der Waals surface area contributed by atoms with E-state index in [2.05, 4.69) is 4.98 Å². The number of benzene rings is 1. The number of nitrogen functional groups attached to an aromatic ring is 1. The summed E-state index contributed by atoms with van der Waals surface area (Å²) in [7, 11) is 0. The first-order valence-corrected chi connectivity index (χ1v) is 6.92. The Kier molecular flexibility index (Phi) is 3.28. The molecule has 0 bridgehead atoms. The Morgan fingerprint density at radius 2 is 1.91 bits per heavy atom. The lowest BCUT2D eigenvalue weighted by Crippen LogP contribution is -2.39. The van der Waals surface area contributed by atoms with Gasteiger partial charge in [0.1, 0.15) is 19.1 Å². The van der Waals surface area contributed by atoms with Crippen LogP contribution in [0.25, 0.3) is 11.3 Å². The summed E-state index contributed by atoms with van der Waals surface area (Å²) >= 11 is 0.859. The summed E-state index contributed by atoms with van der Waals surface area (Å²) in [5, 5.41) is 0.0626. The molecule has 3 rings (SSSR count). The van der Waals surface area contributed by atoms with Crippen molar-refractivity contribution in [3.05, 3.63) is 28.6 Å². The van der Waals surface area contributed by atoms with Crippen LogP contribution in [0.4, 0.5) is 27.1 Å². The SMILES string of the molecule is Nc1nc2c(s1)C(CF)(CF)Oc1cc(C(F)(F)F)ccc1-2. The van der Waals surface area contributed by atoms with Gasteiger partial charge < -0.3 is 10.5 Å². The molecule has 2 heterocycles. The number of aromatic nitrogens is 1. The van der Waals surface area contributed by atoms with Crippen LogP contribution in [0.5, 0.6) is 5.75 Å². The van der Waals surface area contributed by atoms with Crippen LogP contribution in [0.15, 0.2) is 18.2 Å². The van der Waals surface area contributed by atoms with Crippen LogP contribution < -0.4 is 10.5 Å². The number of fused-ring (bicyclic) bond motifs is 3. The fourth-order valence-electron chi connectivity index (χ4n) is 2.28. The van der Waals surface area contributed by atoms with E-state index in [1.54, 1.807) is 0 Å². The van der Waals surface area contributed by atoms with Crippen molar-refractivity contribution in [2.45, 2.75) is 11.8 Å². The number of nitrogens with zero attached hydrogens (tertiary/aromatic N) is 1. The topological polar surface area (TPSA) is 48.1 Å². The summed E-state index contributed by atoms with van der Waals surface area (Å²) < 4.78 is 70.4. The van der Waals surface area contributed by atoms with Gasteiger partial charge in [-0.05, 0) is 18.2 Å². The molecule has 3 nitrogen and oxygen atoms in total. The van der Waals surface area contributed by atoms with E-state index in [-0.39, 0.29) is 27.0 Å². The third-order valence-corrected chi connectivity index (χ3v) is 4.43. The van der Waals surface area contributed by atoms with Gasteiger partial charge in [0, 0.05) is 5.56 Å². The number of hydrogen-bond acceptors (Lipinski definition) is 4. The second-order valence-corrected chi connectivity index (χ2v) is 5.83. The third kappa shape index (κ3) is 2.11. The molecule has 22 heavy (non-hydrogen) atoms. The zero-order valence-corrected chi connectivity index (χ0v) is 11.7. The number of anilines is 1. The first kappa shape index (κ1) is 15.0. The van der Waals surface area contributed by atoms with Crippen molar-refractivity contribution < 1.29 is 26.7 Å². The summed E-state index contributed by atoms with van der Waals surface area (Å²) in [4.78, 5) is 4.12. The van der Waals surface area contributed by atoms with Gasteiger partial charge in [-0.1, -0.05) is 11.3 Å². The maximum Gasteiger partial charge on any atom is 0.416 e. The molecule has 0 atom stereocenters. The van der Waals surface area contributed by atoms with Crippen LogP contribution in [0.2, 0.25) is 0 Å². The lowest BCUT2D eigenvalue weighted by molar-refractivity contribution is -0.137. The van der Waals surface area contributed by atoms with Gasteiger partial charge in [0.2, 0.25) is 5.60 Å². The van der Waals surface area contributed by atoms with Gasteiger partial charge >= 0.3 is 6.18 Å². The normalized spacial score (nSPS) is 15.9. The molecule has 1 aromatic heterocycles. The van der Waals surface area contributed by atoms with E-state index in [1.807, 2.05) is 0 Å². The van der Waals surface area contributed by atoms with Crippen molar-refractivity contribution in [1.82, 2.24) is 4.98 Å². The Bertz CT molecular complexity index is 724. The fourth-order valence-corrected chi connectivity index (χ4v) is 3.21. The predicted molar refractivity (Wildman–Crippen MR) is 71.2 cm³/mol. The highest BCUT2D eigenvalue weighted by Gasteiger charge is 2.45. The average Bonchev–Trinajstić information content (AvgIpc) is 2.87. The van der Waals surface area contributed by atoms with E-state index < -0.39 is 30.7 Å². The lowest BCUT2D eigenvalue weighted by atomic mass is 9.95. The molecule has 0 fully saturated rings. The van der Waals surface area contributed by atoms with Crippen molar-refractivity contribution >= 4 is 16.5 Å². The summed E-state index contributed by atoms with van der Waals surface area (Å²) in [5.41, 5.74) is 3.00. The monoisotopic (exact) mass is 336 g/mol. The third-order valence-electron chi connectivity index (χ3n) is 3.36. The lowest BCUT2D eigenvalue weighted by Gasteiger charge is -2.33. The molecule has 0 unspecified atom stereocenters.